The Kier molecular flexibility index (Phi) is 6.62. The number of nitrogens with zero attached hydrogens (tertiary/aromatic N) is 1. The number of carbonyl (C=O) groups excluding carboxylic acids is 2. The van der Waals surface area contributed by atoms with Crippen molar-refractivity contribution in [3.63, 3.8) is 0 Å². The van der Waals surface area contributed by atoms with Crippen LogP contribution in [-0.4, -0.2) is 47.9 Å². The molecule has 2 heterocycles. The van der Waals surface area contributed by atoms with Gasteiger partial charge in [0.25, 0.3) is 0 Å². The van der Waals surface area contributed by atoms with Gasteiger partial charge in [-0.05, 0) is 81.0 Å². The van der Waals surface area contributed by atoms with E-state index in [1.165, 1.54) is 12.8 Å². The zero-order chi connectivity index (χ0) is 23.9. The molecule has 0 spiro atoms. The molecule has 2 aliphatic heterocycles. The summed E-state index contributed by atoms with van der Waals surface area (Å²) in [6, 6.07) is 15.5. The number of amides is 2. The van der Waals surface area contributed by atoms with Gasteiger partial charge in [-0.3, -0.25) is 9.59 Å². The third kappa shape index (κ3) is 4.84. The fourth-order valence-electron chi connectivity index (χ4n) is 5.73. The summed E-state index contributed by atoms with van der Waals surface area (Å²) in [5.41, 5.74) is 1.34. The summed E-state index contributed by atoms with van der Waals surface area (Å²) in [5.74, 6) is -0.198. The number of benzene rings is 2. The topological polar surface area (TPSA) is 61.4 Å². The molecule has 5 rings (SSSR count). The van der Waals surface area contributed by atoms with Crippen LogP contribution in [0.15, 0.2) is 48.5 Å². The van der Waals surface area contributed by atoms with Gasteiger partial charge in [-0.1, -0.05) is 47.5 Å². The Balaban J connectivity index is 1.31. The van der Waals surface area contributed by atoms with Crippen molar-refractivity contribution in [1.29, 1.82) is 0 Å². The Morgan fingerprint density at radius 1 is 0.971 bits per heavy atom. The number of hydrogen-bond donors (Lipinski definition) is 2. The molecule has 5 nitrogen and oxygen atoms in total. The second-order valence-electron chi connectivity index (χ2n) is 10.2. The van der Waals surface area contributed by atoms with Crippen LogP contribution >= 0.6 is 23.2 Å². The fraction of sp³-hybridized carbons (Fsp3) is 0.481. The summed E-state index contributed by atoms with van der Waals surface area (Å²) >= 11 is 12.1. The smallest absolute Gasteiger partial charge is 0.243 e. The molecule has 1 unspecified atom stereocenters. The van der Waals surface area contributed by atoms with Crippen molar-refractivity contribution in [1.82, 2.24) is 15.5 Å². The van der Waals surface area contributed by atoms with E-state index in [9.17, 15) is 9.59 Å². The molecule has 2 aromatic carbocycles. The van der Waals surface area contributed by atoms with E-state index in [1.807, 2.05) is 48.5 Å². The zero-order valence-electron chi connectivity index (χ0n) is 19.4. The lowest BCUT2D eigenvalue weighted by molar-refractivity contribution is -0.130. The molecule has 180 valence electrons. The van der Waals surface area contributed by atoms with Crippen LogP contribution in [0.4, 0.5) is 0 Å². The molecular formula is C27H31Cl2N3O2. The van der Waals surface area contributed by atoms with Crippen LogP contribution < -0.4 is 10.6 Å². The van der Waals surface area contributed by atoms with Crippen LogP contribution in [0.5, 0.6) is 0 Å². The maximum Gasteiger partial charge on any atom is 0.243 e. The second kappa shape index (κ2) is 9.52. The highest BCUT2D eigenvalue weighted by Crippen LogP contribution is 2.48. The van der Waals surface area contributed by atoms with E-state index >= 15 is 0 Å². The van der Waals surface area contributed by atoms with Crippen molar-refractivity contribution in [3.8, 4) is 0 Å². The second-order valence-corrected chi connectivity index (χ2v) is 11.0. The first kappa shape index (κ1) is 23.7. The van der Waals surface area contributed by atoms with Crippen LogP contribution in [0, 0.1) is 0 Å². The third-order valence-electron chi connectivity index (χ3n) is 8.00. The molecule has 2 saturated heterocycles. The first-order valence-electron chi connectivity index (χ1n) is 12.2. The maximum absolute atomic E-state index is 13.5. The normalized spacial score (nSPS) is 26.0. The molecule has 2 bridgehead atoms. The third-order valence-corrected chi connectivity index (χ3v) is 8.50. The number of piperidine rings is 1. The Hall–Kier alpha value is -2.08. The van der Waals surface area contributed by atoms with E-state index in [1.54, 1.807) is 0 Å². The zero-order valence-corrected chi connectivity index (χ0v) is 20.9. The van der Waals surface area contributed by atoms with Crippen molar-refractivity contribution in [3.05, 3.63) is 69.7 Å². The molecular weight excluding hydrogens is 469 g/mol. The summed E-state index contributed by atoms with van der Waals surface area (Å²) in [5, 5.41) is 7.67. The van der Waals surface area contributed by atoms with E-state index in [0.717, 1.165) is 36.8 Å². The van der Waals surface area contributed by atoms with Gasteiger partial charge < -0.3 is 15.5 Å². The lowest BCUT2D eigenvalue weighted by Gasteiger charge is -2.37. The van der Waals surface area contributed by atoms with Gasteiger partial charge in [-0.15, -0.1) is 0 Å². The summed E-state index contributed by atoms with van der Waals surface area (Å²) in [4.78, 5) is 29.4. The Bertz CT molecular complexity index is 1040. The van der Waals surface area contributed by atoms with Crippen LogP contribution in [0.25, 0.3) is 0 Å². The molecule has 3 aliphatic rings. The molecule has 1 aliphatic carbocycles. The average Bonchev–Trinajstić information content (AvgIpc) is 3.60. The van der Waals surface area contributed by atoms with Crippen molar-refractivity contribution in [2.24, 2.45) is 0 Å². The monoisotopic (exact) mass is 499 g/mol. The number of fused-ring (bicyclic) bond motifs is 2. The average molecular weight is 500 g/mol. The molecule has 2 N–H and O–H groups in total. The molecule has 4 atom stereocenters. The van der Waals surface area contributed by atoms with E-state index in [2.05, 4.69) is 22.6 Å². The number of nitrogens with one attached hydrogen (secondary N) is 2. The van der Waals surface area contributed by atoms with E-state index in [-0.39, 0.29) is 17.9 Å². The van der Waals surface area contributed by atoms with Gasteiger partial charge in [0.15, 0.2) is 0 Å². The SMILES string of the molecule is CN1[C@@H]2CC[C@H]1CC(NC(=O)[C@@H](Cc1ccc(Cl)cc1)NC(=O)C1(c3ccc(Cl)cc3)CC1)C2. The predicted octanol–water partition coefficient (Wildman–Crippen LogP) is 4.49. The molecule has 34 heavy (non-hydrogen) atoms. The molecule has 0 aromatic heterocycles. The van der Waals surface area contributed by atoms with Gasteiger partial charge in [0.05, 0.1) is 5.41 Å². The lowest BCUT2D eigenvalue weighted by atomic mass is 9.93. The van der Waals surface area contributed by atoms with Gasteiger partial charge in [0.1, 0.15) is 6.04 Å². The number of hydrogen-bond acceptors (Lipinski definition) is 3. The van der Waals surface area contributed by atoms with E-state index in [0.29, 0.717) is 28.5 Å². The molecule has 1 saturated carbocycles. The summed E-state index contributed by atoms with van der Waals surface area (Å²) in [7, 11) is 2.19. The van der Waals surface area contributed by atoms with Crippen molar-refractivity contribution in [2.75, 3.05) is 7.05 Å². The highest BCUT2D eigenvalue weighted by atomic mass is 35.5. The Morgan fingerprint density at radius 3 is 2.09 bits per heavy atom. The molecule has 3 fully saturated rings. The van der Waals surface area contributed by atoms with Gasteiger partial charge in [-0.2, -0.15) is 0 Å². The molecule has 2 aromatic rings. The summed E-state index contributed by atoms with van der Waals surface area (Å²) in [6.07, 6.45) is 6.29. The molecule has 2 amide bonds. The molecule has 7 heteroatoms. The van der Waals surface area contributed by atoms with Crippen molar-refractivity contribution in [2.45, 2.75) is 74.5 Å². The number of carbonyl (C=O) groups is 2. The summed E-state index contributed by atoms with van der Waals surface area (Å²) in [6.45, 7) is 0. The van der Waals surface area contributed by atoms with Crippen LogP contribution in [-0.2, 0) is 21.4 Å². The summed E-state index contributed by atoms with van der Waals surface area (Å²) < 4.78 is 0. The minimum Gasteiger partial charge on any atom is -0.351 e. The molecule has 0 radical (unpaired) electrons. The highest BCUT2D eigenvalue weighted by molar-refractivity contribution is 6.30. The van der Waals surface area contributed by atoms with E-state index in [4.69, 9.17) is 23.2 Å². The first-order valence-corrected chi connectivity index (χ1v) is 12.9. The minimum absolute atomic E-state index is 0.0904. The minimum atomic E-state index is -0.643. The van der Waals surface area contributed by atoms with Crippen molar-refractivity contribution < 1.29 is 9.59 Å². The van der Waals surface area contributed by atoms with Crippen molar-refractivity contribution >= 4 is 35.0 Å². The highest BCUT2D eigenvalue weighted by Gasteiger charge is 2.52. The van der Waals surface area contributed by atoms with Gasteiger partial charge in [0, 0.05) is 34.6 Å². The first-order chi connectivity index (χ1) is 16.3. The van der Waals surface area contributed by atoms with Crippen LogP contribution in [0.1, 0.15) is 49.7 Å². The van der Waals surface area contributed by atoms with Crippen LogP contribution in [0.2, 0.25) is 10.0 Å². The Labute approximate surface area is 211 Å². The number of halogens is 2. The predicted molar refractivity (Wildman–Crippen MR) is 135 cm³/mol. The Morgan fingerprint density at radius 2 is 1.53 bits per heavy atom. The van der Waals surface area contributed by atoms with E-state index < -0.39 is 11.5 Å². The number of rotatable bonds is 7. The van der Waals surface area contributed by atoms with Gasteiger partial charge in [0.2, 0.25) is 11.8 Å². The fourth-order valence-corrected chi connectivity index (χ4v) is 5.99. The van der Waals surface area contributed by atoms with Gasteiger partial charge in [-0.25, -0.2) is 0 Å². The van der Waals surface area contributed by atoms with Gasteiger partial charge >= 0.3 is 0 Å². The lowest BCUT2D eigenvalue weighted by Crippen LogP contribution is -2.55. The quantitative estimate of drug-likeness (QED) is 0.589. The maximum atomic E-state index is 13.5. The standard InChI is InChI=1S/C27H31Cl2N3O2/c1-32-22-10-11-23(32)16-21(15-22)30-25(33)24(14-17-2-6-19(28)7-3-17)31-26(34)27(12-13-27)18-4-8-20(29)9-5-18/h2-9,21-24H,10-16H2,1H3,(H,30,33)(H,31,34)/t21?,22-,23+,24-/m1/s1. The largest absolute Gasteiger partial charge is 0.351 e. The van der Waals surface area contributed by atoms with Crippen LogP contribution in [0.3, 0.4) is 0 Å².